The van der Waals surface area contributed by atoms with E-state index in [2.05, 4.69) is 34.4 Å². The summed E-state index contributed by atoms with van der Waals surface area (Å²) < 4.78 is 5.20. The molecule has 1 aromatic carbocycles. The van der Waals surface area contributed by atoms with Crippen LogP contribution in [0.3, 0.4) is 0 Å². The molecule has 4 nitrogen and oxygen atoms in total. The van der Waals surface area contributed by atoms with Gasteiger partial charge < -0.3 is 15.0 Å². The molecule has 0 unspecified atom stereocenters. The summed E-state index contributed by atoms with van der Waals surface area (Å²) in [5, 5.41) is 3.59. The van der Waals surface area contributed by atoms with E-state index < -0.39 is 0 Å². The monoisotopic (exact) mass is 429 g/mol. The van der Waals surface area contributed by atoms with Crippen molar-refractivity contribution in [2.24, 2.45) is 16.3 Å². The first-order valence-electron chi connectivity index (χ1n) is 8.21. The number of hydrogen-bond donors (Lipinski definition) is 1. The van der Waals surface area contributed by atoms with Crippen molar-refractivity contribution >= 4 is 29.9 Å². The Hall–Kier alpha value is -0.980. The van der Waals surface area contributed by atoms with E-state index >= 15 is 0 Å². The van der Waals surface area contributed by atoms with Crippen LogP contribution in [0.2, 0.25) is 0 Å². The maximum atomic E-state index is 5.20. The van der Waals surface area contributed by atoms with Crippen molar-refractivity contribution in [3.8, 4) is 5.75 Å². The molecule has 5 heteroatoms. The van der Waals surface area contributed by atoms with E-state index in [4.69, 9.17) is 4.74 Å². The summed E-state index contributed by atoms with van der Waals surface area (Å²) in [6.07, 6.45) is 5.65. The molecule has 2 fully saturated rings. The maximum absolute atomic E-state index is 5.20. The lowest BCUT2D eigenvalue weighted by Crippen LogP contribution is -2.41. The zero-order valence-electron chi connectivity index (χ0n) is 14.3. The molecule has 0 heterocycles. The van der Waals surface area contributed by atoms with Crippen molar-refractivity contribution in [2.45, 2.75) is 32.2 Å². The van der Waals surface area contributed by atoms with Crippen molar-refractivity contribution < 1.29 is 4.74 Å². The van der Waals surface area contributed by atoms with Gasteiger partial charge in [0.1, 0.15) is 5.75 Å². The van der Waals surface area contributed by atoms with Crippen LogP contribution < -0.4 is 10.1 Å². The first-order chi connectivity index (χ1) is 10.7. The van der Waals surface area contributed by atoms with Crippen LogP contribution in [-0.2, 0) is 6.54 Å². The third-order valence-corrected chi connectivity index (χ3v) is 5.09. The van der Waals surface area contributed by atoms with Crippen LogP contribution in [0.25, 0.3) is 0 Å². The molecule has 2 aliphatic carbocycles. The Morgan fingerprint density at radius 3 is 2.43 bits per heavy atom. The molecule has 1 N–H and O–H groups in total. The van der Waals surface area contributed by atoms with Crippen molar-refractivity contribution in [3.63, 3.8) is 0 Å². The minimum atomic E-state index is 0. The molecule has 0 aromatic heterocycles. The Balaban J connectivity index is 0.00000192. The molecule has 0 bridgehead atoms. The minimum Gasteiger partial charge on any atom is -0.497 e. The van der Waals surface area contributed by atoms with Crippen LogP contribution in [0, 0.1) is 11.3 Å². The zero-order valence-corrected chi connectivity index (χ0v) is 16.7. The number of methoxy groups -OCH3 is 1. The van der Waals surface area contributed by atoms with Crippen molar-refractivity contribution in [1.82, 2.24) is 10.2 Å². The number of nitrogens with one attached hydrogen (secondary N) is 1. The van der Waals surface area contributed by atoms with Crippen LogP contribution in [0.5, 0.6) is 5.75 Å². The van der Waals surface area contributed by atoms with Gasteiger partial charge >= 0.3 is 0 Å². The normalized spacial score (nSPS) is 18.8. The van der Waals surface area contributed by atoms with E-state index in [0.717, 1.165) is 30.7 Å². The van der Waals surface area contributed by atoms with E-state index in [1.165, 1.54) is 31.2 Å². The number of nitrogens with zero attached hydrogens (tertiary/aromatic N) is 2. The van der Waals surface area contributed by atoms with E-state index in [0.29, 0.717) is 5.41 Å². The molecule has 128 valence electrons. The molecule has 1 aromatic rings. The number of guanidine groups is 1. The summed E-state index contributed by atoms with van der Waals surface area (Å²) in [7, 11) is 5.65. The van der Waals surface area contributed by atoms with Gasteiger partial charge in [0.05, 0.1) is 7.11 Å². The fourth-order valence-electron chi connectivity index (χ4n) is 3.31. The smallest absolute Gasteiger partial charge is 0.193 e. The Morgan fingerprint density at radius 1 is 1.30 bits per heavy atom. The highest BCUT2D eigenvalue weighted by atomic mass is 127. The molecule has 0 atom stereocenters. The lowest BCUT2D eigenvalue weighted by molar-refractivity contribution is 0.408. The van der Waals surface area contributed by atoms with Crippen LogP contribution >= 0.6 is 24.0 Å². The first-order valence-corrected chi connectivity index (χ1v) is 8.21. The third kappa shape index (κ3) is 4.52. The summed E-state index contributed by atoms with van der Waals surface area (Å²) in [6, 6.07) is 8.22. The lowest BCUT2D eigenvalue weighted by atomic mass is 10.0. The van der Waals surface area contributed by atoms with Crippen molar-refractivity contribution in [1.29, 1.82) is 0 Å². The highest BCUT2D eigenvalue weighted by Crippen LogP contribution is 2.60. The molecule has 2 saturated carbocycles. The lowest BCUT2D eigenvalue weighted by Gasteiger charge is -2.24. The topological polar surface area (TPSA) is 36.9 Å². The highest BCUT2D eigenvalue weighted by Gasteiger charge is 2.53. The summed E-state index contributed by atoms with van der Waals surface area (Å²) >= 11 is 0. The van der Waals surface area contributed by atoms with Crippen LogP contribution in [-0.4, -0.2) is 38.6 Å². The maximum Gasteiger partial charge on any atom is 0.193 e. The molecule has 3 rings (SSSR count). The average molecular weight is 429 g/mol. The van der Waals surface area contributed by atoms with E-state index in [-0.39, 0.29) is 24.0 Å². The molecule has 0 radical (unpaired) electrons. The van der Waals surface area contributed by atoms with Crippen LogP contribution in [0.4, 0.5) is 0 Å². The molecule has 2 aliphatic rings. The van der Waals surface area contributed by atoms with E-state index in [1.54, 1.807) is 7.11 Å². The molecule has 0 saturated heterocycles. The van der Waals surface area contributed by atoms with Gasteiger partial charge in [-0.3, -0.25) is 4.99 Å². The quantitative estimate of drug-likeness (QED) is 0.427. The third-order valence-electron chi connectivity index (χ3n) is 5.09. The molecule has 0 aliphatic heterocycles. The van der Waals surface area contributed by atoms with Gasteiger partial charge in [-0.2, -0.15) is 0 Å². The first kappa shape index (κ1) is 18.4. The van der Waals surface area contributed by atoms with E-state index in [1.807, 2.05) is 19.2 Å². The number of halogens is 1. The minimum absolute atomic E-state index is 0. The van der Waals surface area contributed by atoms with Gasteiger partial charge in [-0.25, -0.2) is 0 Å². The molecule has 0 spiro atoms. The number of ether oxygens (including phenoxy) is 1. The van der Waals surface area contributed by atoms with Gasteiger partial charge in [0.15, 0.2) is 5.96 Å². The van der Waals surface area contributed by atoms with Crippen LogP contribution in [0.1, 0.15) is 31.2 Å². The number of aliphatic imine (C=N–C) groups is 1. The van der Waals surface area contributed by atoms with Gasteiger partial charge in [0.2, 0.25) is 0 Å². The number of hydrogen-bond acceptors (Lipinski definition) is 2. The van der Waals surface area contributed by atoms with Crippen molar-refractivity contribution in [2.75, 3.05) is 27.7 Å². The Labute approximate surface area is 156 Å². The molecular formula is C18H28IN3O. The van der Waals surface area contributed by atoms with Gasteiger partial charge in [0, 0.05) is 27.2 Å². The van der Waals surface area contributed by atoms with Crippen LogP contribution in [0.15, 0.2) is 29.3 Å². The van der Waals surface area contributed by atoms with E-state index in [9.17, 15) is 0 Å². The zero-order chi connectivity index (χ0) is 15.6. The second kappa shape index (κ2) is 7.73. The summed E-state index contributed by atoms with van der Waals surface area (Å²) in [4.78, 5) is 6.62. The average Bonchev–Trinajstić information content (AvgIpc) is 3.41. The van der Waals surface area contributed by atoms with Gasteiger partial charge in [-0.15, -0.1) is 24.0 Å². The molecule has 23 heavy (non-hydrogen) atoms. The second-order valence-corrected chi connectivity index (χ2v) is 6.74. The van der Waals surface area contributed by atoms with Crippen molar-refractivity contribution in [3.05, 3.63) is 29.8 Å². The predicted molar refractivity (Wildman–Crippen MR) is 106 cm³/mol. The second-order valence-electron chi connectivity index (χ2n) is 6.74. The SMILES string of the molecule is CN=C(NCC1(C2CC2)CC1)N(C)Cc1ccc(OC)cc1.I. The van der Waals surface area contributed by atoms with Gasteiger partial charge in [-0.05, 0) is 54.7 Å². The highest BCUT2D eigenvalue weighted by molar-refractivity contribution is 14.0. The Bertz CT molecular complexity index is 536. The van der Waals surface area contributed by atoms with Gasteiger partial charge in [-0.1, -0.05) is 12.1 Å². The summed E-state index contributed by atoms with van der Waals surface area (Å²) in [5.74, 6) is 2.86. The fourth-order valence-corrected chi connectivity index (χ4v) is 3.31. The summed E-state index contributed by atoms with van der Waals surface area (Å²) in [6.45, 7) is 1.93. The molecular weight excluding hydrogens is 401 g/mol. The Morgan fingerprint density at radius 2 is 1.96 bits per heavy atom. The molecule has 0 amide bonds. The standard InChI is InChI=1S/C18H27N3O.HI/c1-19-17(20-13-18(10-11-18)15-6-7-15)21(2)12-14-4-8-16(22-3)9-5-14;/h4-5,8-9,15H,6-7,10-13H2,1-3H3,(H,19,20);1H. The Kier molecular flexibility index (Phi) is 6.17. The number of benzene rings is 1. The fraction of sp³-hybridized carbons (Fsp3) is 0.611. The predicted octanol–water partition coefficient (Wildman–Crippen LogP) is 3.51. The largest absolute Gasteiger partial charge is 0.497 e. The number of rotatable bonds is 6. The van der Waals surface area contributed by atoms with Gasteiger partial charge in [0.25, 0.3) is 0 Å². The summed E-state index contributed by atoms with van der Waals surface area (Å²) in [5.41, 5.74) is 1.85.